The molecule has 0 radical (unpaired) electrons. The van der Waals surface area contributed by atoms with Crippen molar-refractivity contribution in [1.29, 1.82) is 0 Å². The molecule has 3 rings (SSSR count). The second-order valence-corrected chi connectivity index (χ2v) is 6.63. The molecule has 0 amide bonds. The number of aryl methyl sites for hydroxylation is 2. The highest BCUT2D eigenvalue weighted by Gasteiger charge is 2.11. The number of hydrogen-bond acceptors (Lipinski definition) is 6. The van der Waals surface area contributed by atoms with Crippen LogP contribution in [-0.2, 0) is 10.5 Å². The number of carbonyl (C=O) groups is 1. The number of ether oxygens (including phenoxy) is 2. The molecule has 0 spiro atoms. The summed E-state index contributed by atoms with van der Waals surface area (Å²) < 4.78 is 15.8. The zero-order chi connectivity index (χ0) is 17.8. The van der Waals surface area contributed by atoms with Gasteiger partial charge in [0.1, 0.15) is 17.3 Å². The third-order valence-electron chi connectivity index (χ3n) is 3.90. The van der Waals surface area contributed by atoms with Gasteiger partial charge in [-0.3, -0.25) is 4.79 Å². The van der Waals surface area contributed by atoms with Crippen molar-refractivity contribution in [2.24, 2.45) is 0 Å². The first-order chi connectivity index (χ1) is 12.1. The summed E-state index contributed by atoms with van der Waals surface area (Å²) in [6.45, 7) is 3.77. The summed E-state index contributed by atoms with van der Waals surface area (Å²) in [6, 6.07) is 11.4. The molecule has 0 N–H and O–H groups in total. The predicted octanol–water partition coefficient (Wildman–Crippen LogP) is 4.29. The van der Waals surface area contributed by atoms with Crippen LogP contribution in [0.2, 0.25) is 0 Å². The van der Waals surface area contributed by atoms with Gasteiger partial charge in [-0.25, -0.2) is 0 Å². The van der Waals surface area contributed by atoms with E-state index in [2.05, 4.69) is 5.16 Å². The summed E-state index contributed by atoms with van der Waals surface area (Å²) >= 11 is 1.48. The van der Waals surface area contributed by atoms with E-state index >= 15 is 0 Å². The lowest BCUT2D eigenvalue weighted by Gasteiger charge is -2.07. The molecule has 0 saturated heterocycles. The number of aromatic nitrogens is 1. The van der Waals surface area contributed by atoms with Gasteiger partial charge in [0.15, 0.2) is 0 Å². The molecule has 0 aliphatic heterocycles. The van der Waals surface area contributed by atoms with Crippen molar-refractivity contribution in [1.82, 2.24) is 5.16 Å². The Kier molecular flexibility index (Phi) is 5.28. The number of thioether (sulfide) groups is 1. The number of nitrogens with zero attached hydrogens (tertiary/aromatic N) is 1. The molecule has 0 saturated carbocycles. The molecule has 0 fully saturated rings. The maximum atomic E-state index is 12.1. The van der Waals surface area contributed by atoms with Gasteiger partial charge in [0.05, 0.1) is 18.6 Å². The van der Waals surface area contributed by atoms with Gasteiger partial charge in [0.25, 0.3) is 0 Å². The van der Waals surface area contributed by atoms with Crippen LogP contribution in [0.4, 0.5) is 0 Å². The Bertz CT molecular complexity index is 884. The molecule has 1 heterocycles. The Labute approximate surface area is 150 Å². The van der Waals surface area contributed by atoms with Crippen LogP contribution in [0.5, 0.6) is 11.5 Å². The smallest absolute Gasteiger partial charge is 0.321 e. The third kappa shape index (κ3) is 4.14. The van der Waals surface area contributed by atoms with Gasteiger partial charge < -0.3 is 14.0 Å². The maximum absolute atomic E-state index is 12.1. The van der Waals surface area contributed by atoms with Gasteiger partial charge in [-0.15, -0.1) is 11.8 Å². The Morgan fingerprint density at radius 1 is 1.12 bits per heavy atom. The van der Waals surface area contributed by atoms with Crippen molar-refractivity contribution in [3.63, 3.8) is 0 Å². The molecule has 0 unspecified atom stereocenters. The number of rotatable bonds is 6. The number of esters is 1. The van der Waals surface area contributed by atoms with Crippen LogP contribution in [0, 0.1) is 13.8 Å². The molecule has 0 aliphatic rings. The zero-order valence-corrected chi connectivity index (χ0v) is 15.2. The monoisotopic (exact) mass is 357 g/mol. The summed E-state index contributed by atoms with van der Waals surface area (Å²) in [5.41, 5.74) is 1.90. The van der Waals surface area contributed by atoms with E-state index in [0.717, 1.165) is 33.5 Å². The fourth-order valence-electron chi connectivity index (χ4n) is 2.50. The zero-order valence-electron chi connectivity index (χ0n) is 14.4. The average Bonchev–Trinajstić information content (AvgIpc) is 2.93. The van der Waals surface area contributed by atoms with E-state index in [1.807, 2.05) is 44.2 Å². The summed E-state index contributed by atoms with van der Waals surface area (Å²) in [6.07, 6.45) is 0. The molecule has 1 aromatic heterocycles. The quantitative estimate of drug-likeness (QED) is 0.484. The van der Waals surface area contributed by atoms with Gasteiger partial charge in [-0.1, -0.05) is 17.3 Å². The van der Waals surface area contributed by atoms with Crippen LogP contribution in [0.15, 0.2) is 40.9 Å². The Morgan fingerprint density at radius 3 is 2.52 bits per heavy atom. The molecule has 2 aromatic carbocycles. The highest BCUT2D eigenvalue weighted by molar-refractivity contribution is 7.99. The molecule has 130 valence electrons. The maximum Gasteiger partial charge on any atom is 0.321 e. The SMILES string of the molecule is COc1ccc2ccc(OC(=O)CSCc3c(C)noc3C)cc2c1. The standard InChI is InChI=1S/C19H19NO4S/c1-12-18(13(2)24-20-12)10-25-11-19(21)23-17-7-5-14-4-6-16(22-3)8-15(14)9-17/h4-9H,10-11H2,1-3H3. The van der Waals surface area contributed by atoms with Crippen molar-refractivity contribution < 1.29 is 18.8 Å². The molecule has 0 aliphatic carbocycles. The van der Waals surface area contributed by atoms with E-state index in [1.165, 1.54) is 11.8 Å². The van der Waals surface area contributed by atoms with E-state index in [-0.39, 0.29) is 11.7 Å². The molecule has 0 bridgehead atoms. The highest BCUT2D eigenvalue weighted by Crippen LogP contribution is 2.25. The third-order valence-corrected chi connectivity index (χ3v) is 4.83. The highest BCUT2D eigenvalue weighted by atomic mass is 32.2. The van der Waals surface area contributed by atoms with E-state index in [9.17, 15) is 4.79 Å². The number of benzene rings is 2. The minimum atomic E-state index is -0.279. The normalized spacial score (nSPS) is 10.8. The van der Waals surface area contributed by atoms with Crippen molar-refractivity contribution in [3.05, 3.63) is 53.4 Å². The number of carbonyl (C=O) groups excluding carboxylic acids is 1. The van der Waals surface area contributed by atoms with Crippen LogP contribution in [0.3, 0.4) is 0 Å². The van der Waals surface area contributed by atoms with E-state index < -0.39 is 0 Å². The van der Waals surface area contributed by atoms with Gasteiger partial charge >= 0.3 is 5.97 Å². The van der Waals surface area contributed by atoms with Crippen LogP contribution in [0.1, 0.15) is 17.0 Å². The topological polar surface area (TPSA) is 61.6 Å². The van der Waals surface area contributed by atoms with Crippen molar-refractivity contribution in [3.8, 4) is 11.5 Å². The first-order valence-corrected chi connectivity index (χ1v) is 9.00. The molecular weight excluding hydrogens is 338 g/mol. The first kappa shape index (κ1) is 17.4. The lowest BCUT2D eigenvalue weighted by Crippen LogP contribution is -2.10. The molecule has 6 heteroatoms. The Hall–Kier alpha value is -2.47. The van der Waals surface area contributed by atoms with E-state index in [0.29, 0.717) is 11.5 Å². The second-order valence-electron chi connectivity index (χ2n) is 5.64. The van der Waals surface area contributed by atoms with E-state index in [1.54, 1.807) is 13.2 Å². The summed E-state index contributed by atoms with van der Waals surface area (Å²) in [4.78, 5) is 12.1. The fraction of sp³-hybridized carbons (Fsp3) is 0.263. The Morgan fingerprint density at radius 2 is 1.84 bits per heavy atom. The molecular formula is C19H19NO4S. The van der Waals surface area contributed by atoms with Crippen molar-refractivity contribution in [2.45, 2.75) is 19.6 Å². The summed E-state index contributed by atoms with van der Waals surface area (Å²) in [7, 11) is 1.63. The van der Waals surface area contributed by atoms with Crippen LogP contribution in [0.25, 0.3) is 10.8 Å². The molecule has 3 aromatic rings. The summed E-state index contributed by atoms with van der Waals surface area (Å²) in [5, 5.41) is 5.94. The lowest BCUT2D eigenvalue weighted by molar-refractivity contribution is -0.131. The van der Waals surface area contributed by atoms with Crippen LogP contribution < -0.4 is 9.47 Å². The molecule has 5 nitrogen and oxygen atoms in total. The van der Waals surface area contributed by atoms with Crippen LogP contribution in [-0.4, -0.2) is 24.0 Å². The van der Waals surface area contributed by atoms with Crippen molar-refractivity contribution >= 4 is 28.5 Å². The predicted molar refractivity (Wildman–Crippen MR) is 98.3 cm³/mol. The lowest BCUT2D eigenvalue weighted by atomic mass is 10.1. The van der Waals surface area contributed by atoms with Gasteiger partial charge in [0, 0.05) is 11.3 Å². The number of methoxy groups -OCH3 is 1. The largest absolute Gasteiger partial charge is 0.497 e. The van der Waals surface area contributed by atoms with E-state index in [4.69, 9.17) is 14.0 Å². The first-order valence-electron chi connectivity index (χ1n) is 7.85. The molecule has 0 atom stereocenters. The van der Waals surface area contributed by atoms with Gasteiger partial charge in [0.2, 0.25) is 0 Å². The number of fused-ring (bicyclic) bond motifs is 1. The van der Waals surface area contributed by atoms with Gasteiger partial charge in [-0.05, 0) is 48.9 Å². The molecule has 25 heavy (non-hydrogen) atoms. The van der Waals surface area contributed by atoms with Gasteiger partial charge in [-0.2, -0.15) is 0 Å². The summed E-state index contributed by atoms with van der Waals surface area (Å²) in [5.74, 6) is 2.75. The number of hydrogen-bond donors (Lipinski definition) is 0. The van der Waals surface area contributed by atoms with Crippen molar-refractivity contribution in [2.75, 3.05) is 12.9 Å². The second kappa shape index (κ2) is 7.61. The Balaban J connectivity index is 1.59. The van der Waals surface area contributed by atoms with Crippen LogP contribution >= 0.6 is 11.8 Å². The average molecular weight is 357 g/mol. The minimum Gasteiger partial charge on any atom is -0.497 e. The fourth-order valence-corrected chi connectivity index (χ4v) is 3.44. The minimum absolute atomic E-state index is 0.264.